The van der Waals surface area contributed by atoms with Crippen molar-refractivity contribution < 1.29 is 4.79 Å². The van der Waals surface area contributed by atoms with Crippen LogP contribution < -0.4 is 0 Å². The lowest BCUT2D eigenvalue weighted by molar-refractivity contribution is -0.107. The minimum Gasteiger partial charge on any atom is -0.303 e. The van der Waals surface area contributed by atoms with Gasteiger partial charge in [0.1, 0.15) is 6.29 Å². The van der Waals surface area contributed by atoms with Crippen LogP contribution in [-0.2, 0) is 4.79 Å². The molecule has 48 valence electrons. The number of hydrogen-bond acceptors (Lipinski definition) is 1. The molecule has 0 spiro atoms. The Labute approximate surface area is 52.1 Å². The summed E-state index contributed by atoms with van der Waals surface area (Å²) in [7, 11) is -1.13. The Balaban J connectivity index is 3.80. The fraction of sp³-hybridized carbons (Fsp3) is 0.833. The standard InChI is InChI=1S/C6H14OSi/c1-6(5-7)8(2,3)4/h5-6H,1-4H3/t6-/m0/s1. The summed E-state index contributed by atoms with van der Waals surface area (Å²) in [6, 6.07) is 0. The molecule has 0 aliphatic rings. The van der Waals surface area contributed by atoms with Crippen LogP contribution in [0.15, 0.2) is 0 Å². The lowest BCUT2D eigenvalue weighted by Gasteiger charge is -2.18. The maximum Gasteiger partial charge on any atom is 0.120 e. The van der Waals surface area contributed by atoms with Crippen molar-refractivity contribution in [2.24, 2.45) is 0 Å². The molecule has 2 heteroatoms. The highest BCUT2D eigenvalue weighted by molar-refractivity contribution is 6.79. The average molecular weight is 130 g/mol. The van der Waals surface area contributed by atoms with Crippen LogP contribution in [0.5, 0.6) is 0 Å². The van der Waals surface area contributed by atoms with E-state index in [-0.39, 0.29) is 0 Å². The zero-order chi connectivity index (χ0) is 6.78. The molecule has 0 aromatic rings. The van der Waals surface area contributed by atoms with Gasteiger partial charge < -0.3 is 4.79 Å². The van der Waals surface area contributed by atoms with Gasteiger partial charge in [0.2, 0.25) is 0 Å². The molecule has 0 amide bonds. The van der Waals surface area contributed by atoms with Gasteiger partial charge in [-0.05, 0) is 0 Å². The van der Waals surface area contributed by atoms with Gasteiger partial charge in [-0.3, -0.25) is 0 Å². The molecule has 0 rings (SSSR count). The minimum atomic E-state index is -1.13. The third-order valence-electron chi connectivity index (χ3n) is 1.57. The molecular formula is C6H14OSi. The van der Waals surface area contributed by atoms with Crippen LogP contribution in [0.4, 0.5) is 0 Å². The zero-order valence-corrected chi connectivity index (χ0v) is 7.06. The average Bonchev–Trinajstić information content (AvgIpc) is 1.62. The lowest BCUT2D eigenvalue weighted by Crippen LogP contribution is -2.26. The first-order chi connectivity index (χ1) is 3.48. The molecular weight excluding hydrogens is 116 g/mol. The Morgan fingerprint density at radius 3 is 1.75 bits per heavy atom. The van der Waals surface area contributed by atoms with Crippen LogP contribution >= 0.6 is 0 Å². The van der Waals surface area contributed by atoms with Crippen molar-refractivity contribution in [1.82, 2.24) is 0 Å². The zero-order valence-electron chi connectivity index (χ0n) is 6.06. The van der Waals surface area contributed by atoms with E-state index < -0.39 is 8.07 Å². The maximum atomic E-state index is 10.2. The minimum absolute atomic E-state index is 0.308. The van der Waals surface area contributed by atoms with Crippen molar-refractivity contribution in [3.8, 4) is 0 Å². The van der Waals surface area contributed by atoms with Gasteiger partial charge in [0.15, 0.2) is 0 Å². The molecule has 0 heterocycles. The van der Waals surface area contributed by atoms with E-state index in [2.05, 4.69) is 19.6 Å². The fourth-order valence-electron chi connectivity index (χ4n) is 0.204. The third kappa shape index (κ3) is 2.26. The maximum absolute atomic E-state index is 10.2. The molecule has 0 aromatic heterocycles. The van der Waals surface area contributed by atoms with Gasteiger partial charge in [-0.25, -0.2) is 0 Å². The van der Waals surface area contributed by atoms with Gasteiger partial charge in [0, 0.05) is 5.54 Å². The van der Waals surface area contributed by atoms with E-state index in [1.54, 1.807) is 0 Å². The predicted octanol–water partition coefficient (Wildman–Crippen LogP) is 1.91. The van der Waals surface area contributed by atoms with Crippen LogP contribution in [0.1, 0.15) is 6.92 Å². The molecule has 1 nitrogen and oxygen atoms in total. The Morgan fingerprint density at radius 1 is 1.38 bits per heavy atom. The highest BCUT2D eigenvalue weighted by Gasteiger charge is 2.20. The Kier molecular flexibility index (Phi) is 2.41. The van der Waals surface area contributed by atoms with Crippen molar-refractivity contribution >= 4 is 14.4 Å². The molecule has 1 atom stereocenters. The van der Waals surface area contributed by atoms with E-state index in [0.717, 1.165) is 6.29 Å². The molecule has 0 fully saturated rings. The summed E-state index contributed by atoms with van der Waals surface area (Å²) in [5.74, 6) is 0. The van der Waals surface area contributed by atoms with Crippen LogP contribution in [0, 0.1) is 0 Å². The Bertz CT molecular complexity index is 83.0. The monoisotopic (exact) mass is 130 g/mol. The number of rotatable bonds is 2. The van der Waals surface area contributed by atoms with Crippen molar-refractivity contribution in [2.45, 2.75) is 32.1 Å². The van der Waals surface area contributed by atoms with Crippen molar-refractivity contribution in [3.63, 3.8) is 0 Å². The molecule has 0 N–H and O–H groups in total. The second kappa shape index (κ2) is 2.44. The van der Waals surface area contributed by atoms with Gasteiger partial charge in [-0.15, -0.1) is 0 Å². The summed E-state index contributed by atoms with van der Waals surface area (Å²) >= 11 is 0. The van der Waals surface area contributed by atoms with Crippen molar-refractivity contribution in [1.29, 1.82) is 0 Å². The number of aldehydes is 1. The van der Waals surface area contributed by atoms with Gasteiger partial charge in [0.05, 0.1) is 8.07 Å². The second-order valence-electron chi connectivity index (χ2n) is 3.29. The quantitative estimate of drug-likeness (QED) is 0.412. The molecule has 0 saturated carbocycles. The van der Waals surface area contributed by atoms with E-state index in [4.69, 9.17) is 0 Å². The Morgan fingerprint density at radius 2 is 1.75 bits per heavy atom. The Hall–Kier alpha value is -0.113. The molecule has 0 unspecified atom stereocenters. The lowest BCUT2D eigenvalue weighted by atomic mass is 10.5. The molecule has 0 aliphatic carbocycles. The van der Waals surface area contributed by atoms with E-state index in [9.17, 15) is 4.79 Å². The number of hydrogen-bond donors (Lipinski definition) is 0. The number of carbonyl (C=O) groups excluding carboxylic acids is 1. The van der Waals surface area contributed by atoms with Crippen LogP contribution in [-0.4, -0.2) is 14.4 Å². The van der Waals surface area contributed by atoms with E-state index >= 15 is 0 Å². The summed E-state index contributed by atoms with van der Waals surface area (Å²) in [5.41, 5.74) is 0.308. The van der Waals surface area contributed by atoms with Crippen LogP contribution in [0.3, 0.4) is 0 Å². The van der Waals surface area contributed by atoms with Gasteiger partial charge in [-0.1, -0.05) is 26.6 Å². The molecule has 0 aliphatic heterocycles. The van der Waals surface area contributed by atoms with Crippen molar-refractivity contribution in [2.75, 3.05) is 0 Å². The first-order valence-electron chi connectivity index (χ1n) is 2.94. The first-order valence-corrected chi connectivity index (χ1v) is 6.51. The fourth-order valence-corrected chi connectivity index (χ4v) is 0.612. The summed E-state index contributed by atoms with van der Waals surface area (Å²) in [4.78, 5) is 10.2. The van der Waals surface area contributed by atoms with Crippen LogP contribution in [0.25, 0.3) is 0 Å². The SMILES string of the molecule is C[C@@H](C=O)[Si](C)(C)C. The smallest absolute Gasteiger partial charge is 0.120 e. The summed E-state index contributed by atoms with van der Waals surface area (Å²) in [5, 5.41) is 0. The largest absolute Gasteiger partial charge is 0.303 e. The van der Waals surface area contributed by atoms with Gasteiger partial charge in [0.25, 0.3) is 0 Å². The highest BCUT2D eigenvalue weighted by Crippen LogP contribution is 2.16. The predicted molar refractivity (Wildman–Crippen MR) is 38.8 cm³/mol. The summed E-state index contributed by atoms with van der Waals surface area (Å²) in [6.45, 7) is 8.60. The highest BCUT2D eigenvalue weighted by atomic mass is 28.3. The van der Waals surface area contributed by atoms with Gasteiger partial charge in [-0.2, -0.15) is 0 Å². The summed E-state index contributed by atoms with van der Waals surface area (Å²) < 4.78 is 0. The summed E-state index contributed by atoms with van der Waals surface area (Å²) in [6.07, 6.45) is 1.06. The third-order valence-corrected chi connectivity index (χ3v) is 4.44. The van der Waals surface area contributed by atoms with E-state index in [1.807, 2.05) is 6.92 Å². The van der Waals surface area contributed by atoms with Gasteiger partial charge >= 0.3 is 0 Å². The molecule has 0 radical (unpaired) electrons. The molecule has 0 bridgehead atoms. The normalized spacial score (nSPS) is 15.5. The molecule has 8 heavy (non-hydrogen) atoms. The van der Waals surface area contributed by atoms with Crippen LogP contribution in [0.2, 0.25) is 25.2 Å². The van der Waals surface area contributed by atoms with E-state index in [1.165, 1.54) is 0 Å². The second-order valence-corrected chi connectivity index (χ2v) is 8.93. The number of carbonyl (C=O) groups is 1. The topological polar surface area (TPSA) is 17.1 Å². The van der Waals surface area contributed by atoms with Crippen molar-refractivity contribution in [3.05, 3.63) is 0 Å². The van der Waals surface area contributed by atoms with E-state index in [0.29, 0.717) is 5.54 Å². The molecule has 0 saturated heterocycles. The first kappa shape index (κ1) is 7.89. The molecule has 0 aromatic carbocycles.